The fourth-order valence-electron chi connectivity index (χ4n) is 1.06. The van der Waals surface area contributed by atoms with E-state index in [-0.39, 0.29) is 0 Å². The summed E-state index contributed by atoms with van der Waals surface area (Å²) in [7, 11) is -1.41. The molecule has 0 amide bonds. The molecule has 2 aromatic carbocycles. The third-order valence-corrected chi connectivity index (χ3v) is 3.00. The first-order valence-corrected chi connectivity index (χ1v) is 6.56. The van der Waals surface area contributed by atoms with E-state index in [1.165, 1.54) is 0 Å². The minimum atomic E-state index is -1.41. The maximum Gasteiger partial charge on any atom is 0.488 e. The molecule has 0 radical (unpaired) electrons. The molecule has 0 aliphatic carbocycles. The molecule has 2 N–H and O–H groups in total. The van der Waals surface area contributed by atoms with Crippen LogP contribution >= 0.6 is 39.1 Å². The van der Waals surface area contributed by atoms with Gasteiger partial charge in [-0.3, -0.25) is 0 Å². The lowest BCUT2D eigenvalue weighted by Gasteiger charge is -1.96. The van der Waals surface area contributed by atoms with Crippen LogP contribution in [0.1, 0.15) is 0 Å². The molecule has 6 heteroatoms. The minimum Gasteiger partial charge on any atom is -0.423 e. The molecule has 2 rings (SSSR count). The fourth-order valence-corrected chi connectivity index (χ4v) is 1.58. The summed E-state index contributed by atoms with van der Waals surface area (Å²) in [5, 5.41) is 18.6. The first-order valence-electron chi connectivity index (χ1n) is 5.01. The minimum absolute atomic E-state index is 0.449. The molecule has 0 saturated heterocycles. The Kier molecular flexibility index (Phi) is 6.75. The van der Waals surface area contributed by atoms with Crippen LogP contribution in [-0.2, 0) is 0 Å². The van der Waals surface area contributed by atoms with Gasteiger partial charge in [-0.05, 0) is 41.9 Å². The second-order valence-corrected chi connectivity index (χ2v) is 5.15. The highest BCUT2D eigenvalue weighted by atomic mass is 79.9. The molecule has 0 aliphatic rings. The van der Waals surface area contributed by atoms with Crippen LogP contribution < -0.4 is 5.46 Å². The van der Waals surface area contributed by atoms with Gasteiger partial charge in [-0.2, -0.15) is 0 Å². The Morgan fingerprint density at radius 2 is 1.17 bits per heavy atom. The summed E-state index contributed by atoms with van der Waals surface area (Å²) in [6.07, 6.45) is 0. The number of halogens is 3. The predicted octanol–water partition coefficient (Wildman–Crippen LogP) is 3.12. The van der Waals surface area contributed by atoms with Crippen molar-refractivity contribution in [1.29, 1.82) is 0 Å². The van der Waals surface area contributed by atoms with E-state index in [0.717, 1.165) is 9.50 Å². The zero-order chi connectivity index (χ0) is 13.5. The van der Waals surface area contributed by atoms with Gasteiger partial charge in [0.1, 0.15) is 0 Å². The standard InChI is InChI=1S/C6H6BClO2.C6H4BrCl/c8-6-3-1-5(2-4-6)7(9)10;7-5-1-3-6(8)4-2-5/h1-4,9-10H;1-4H. The smallest absolute Gasteiger partial charge is 0.423 e. The summed E-state index contributed by atoms with van der Waals surface area (Å²) in [6, 6.07) is 13.8. The quantitative estimate of drug-likeness (QED) is 0.778. The molecule has 18 heavy (non-hydrogen) atoms. The second-order valence-electron chi connectivity index (χ2n) is 3.36. The Morgan fingerprint density at radius 1 is 0.778 bits per heavy atom. The van der Waals surface area contributed by atoms with E-state index >= 15 is 0 Å². The third kappa shape index (κ3) is 5.89. The van der Waals surface area contributed by atoms with Gasteiger partial charge in [0.05, 0.1) is 0 Å². The van der Waals surface area contributed by atoms with Gasteiger partial charge in [-0.25, -0.2) is 0 Å². The van der Waals surface area contributed by atoms with Crippen LogP contribution in [0.3, 0.4) is 0 Å². The van der Waals surface area contributed by atoms with Crippen LogP contribution in [0.5, 0.6) is 0 Å². The molecule has 94 valence electrons. The van der Waals surface area contributed by atoms with E-state index in [0.29, 0.717) is 10.5 Å². The van der Waals surface area contributed by atoms with Crippen LogP contribution in [0.4, 0.5) is 0 Å². The van der Waals surface area contributed by atoms with Crippen molar-refractivity contribution in [2.75, 3.05) is 0 Å². The van der Waals surface area contributed by atoms with Crippen molar-refractivity contribution in [1.82, 2.24) is 0 Å². The van der Waals surface area contributed by atoms with E-state index in [9.17, 15) is 0 Å². The van der Waals surface area contributed by atoms with Gasteiger partial charge < -0.3 is 10.0 Å². The summed E-state index contributed by atoms with van der Waals surface area (Å²) >= 11 is 14.4. The average molecular weight is 348 g/mol. The van der Waals surface area contributed by atoms with Gasteiger partial charge in [-0.1, -0.05) is 51.3 Å². The van der Waals surface area contributed by atoms with Gasteiger partial charge in [0, 0.05) is 14.5 Å². The molecule has 0 aliphatic heterocycles. The molecule has 0 saturated carbocycles. The maximum atomic E-state index is 8.63. The SMILES string of the molecule is Clc1ccc(Br)cc1.OB(O)c1ccc(Cl)cc1. The highest BCUT2D eigenvalue weighted by Crippen LogP contribution is 2.13. The van der Waals surface area contributed by atoms with Crippen molar-refractivity contribution in [2.45, 2.75) is 0 Å². The molecular formula is C12H10BBrCl2O2. The Morgan fingerprint density at radius 3 is 1.50 bits per heavy atom. The van der Waals surface area contributed by atoms with Crippen molar-refractivity contribution in [3.05, 3.63) is 63.0 Å². The highest BCUT2D eigenvalue weighted by molar-refractivity contribution is 9.10. The molecule has 0 atom stereocenters. The van der Waals surface area contributed by atoms with Crippen LogP contribution in [0.2, 0.25) is 10.0 Å². The van der Waals surface area contributed by atoms with Crippen LogP contribution in [0, 0.1) is 0 Å². The van der Waals surface area contributed by atoms with Crippen LogP contribution in [0.15, 0.2) is 53.0 Å². The molecular weight excluding hydrogens is 338 g/mol. The fraction of sp³-hybridized carbons (Fsp3) is 0. The topological polar surface area (TPSA) is 40.5 Å². The molecule has 0 aromatic heterocycles. The maximum absolute atomic E-state index is 8.63. The number of hydrogen-bond acceptors (Lipinski definition) is 2. The van der Waals surface area contributed by atoms with Crippen molar-refractivity contribution >= 4 is 51.7 Å². The normalized spacial score (nSPS) is 9.39. The Balaban J connectivity index is 0.000000184. The summed E-state index contributed by atoms with van der Waals surface area (Å²) in [4.78, 5) is 0. The number of benzene rings is 2. The molecule has 2 aromatic rings. The summed E-state index contributed by atoms with van der Waals surface area (Å²) in [6.45, 7) is 0. The highest BCUT2D eigenvalue weighted by Gasteiger charge is 2.08. The number of rotatable bonds is 1. The Labute approximate surface area is 124 Å². The van der Waals surface area contributed by atoms with Gasteiger partial charge in [0.15, 0.2) is 0 Å². The lowest BCUT2D eigenvalue weighted by molar-refractivity contribution is 0.426. The van der Waals surface area contributed by atoms with Crippen molar-refractivity contribution in [2.24, 2.45) is 0 Å². The van der Waals surface area contributed by atoms with E-state index < -0.39 is 7.12 Å². The largest absolute Gasteiger partial charge is 0.488 e. The molecule has 0 spiro atoms. The van der Waals surface area contributed by atoms with Crippen molar-refractivity contribution in [3.63, 3.8) is 0 Å². The lowest BCUT2D eigenvalue weighted by atomic mass is 9.81. The van der Waals surface area contributed by atoms with Gasteiger partial charge in [-0.15, -0.1) is 0 Å². The summed E-state index contributed by atoms with van der Waals surface area (Å²) in [5.41, 5.74) is 0.449. The number of hydrogen-bond donors (Lipinski definition) is 2. The first kappa shape index (κ1) is 15.5. The lowest BCUT2D eigenvalue weighted by Crippen LogP contribution is -2.29. The molecule has 0 fully saturated rings. The van der Waals surface area contributed by atoms with Gasteiger partial charge in [0.2, 0.25) is 0 Å². The molecule has 0 heterocycles. The predicted molar refractivity (Wildman–Crippen MR) is 80.4 cm³/mol. The van der Waals surface area contributed by atoms with E-state index in [4.69, 9.17) is 33.2 Å². The second kappa shape index (κ2) is 7.82. The zero-order valence-corrected chi connectivity index (χ0v) is 12.3. The van der Waals surface area contributed by atoms with Crippen molar-refractivity contribution < 1.29 is 10.0 Å². The Bertz CT molecular complexity index is 453. The summed E-state index contributed by atoms with van der Waals surface area (Å²) in [5.74, 6) is 0. The van der Waals surface area contributed by atoms with Gasteiger partial charge >= 0.3 is 7.12 Å². The average Bonchev–Trinajstić information content (AvgIpc) is 2.34. The molecule has 0 unspecified atom stereocenters. The van der Waals surface area contributed by atoms with Crippen LogP contribution in [-0.4, -0.2) is 17.2 Å². The summed E-state index contributed by atoms with van der Waals surface area (Å²) < 4.78 is 1.06. The van der Waals surface area contributed by atoms with Crippen molar-refractivity contribution in [3.8, 4) is 0 Å². The first-order chi connectivity index (χ1) is 8.49. The van der Waals surface area contributed by atoms with E-state index in [1.807, 2.05) is 24.3 Å². The van der Waals surface area contributed by atoms with E-state index in [1.54, 1.807) is 24.3 Å². The Hall–Kier alpha value is -0.515. The van der Waals surface area contributed by atoms with E-state index in [2.05, 4.69) is 15.9 Å². The van der Waals surface area contributed by atoms with Crippen LogP contribution in [0.25, 0.3) is 0 Å². The third-order valence-electron chi connectivity index (χ3n) is 1.97. The molecule has 0 bridgehead atoms. The zero-order valence-electron chi connectivity index (χ0n) is 9.22. The monoisotopic (exact) mass is 346 g/mol. The van der Waals surface area contributed by atoms with Gasteiger partial charge in [0.25, 0.3) is 0 Å². The molecule has 2 nitrogen and oxygen atoms in total.